The van der Waals surface area contributed by atoms with E-state index < -0.39 is 0 Å². The number of pyridine rings is 1. The Morgan fingerprint density at radius 2 is 2.21 bits per heavy atom. The molecule has 1 heterocycles. The largest absolute Gasteiger partial charge is 0.507 e. The summed E-state index contributed by atoms with van der Waals surface area (Å²) in [6.07, 6.45) is 4.20. The van der Waals surface area contributed by atoms with Crippen LogP contribution in [0.5, 0.6) is 11.5 Å². The minimum atomic E-state index is 0.197. The van der Waals surface area contributed by atoms with Gasteiger partial charge < -0.3 is 9.84 Å². The SMILES string of the molecule is COc1ccc(O)c(C=NCCc2ccccn2)c1. The van der Waals surface area contributed by atoms with Crippen molar-refractivity contribution in [2.24, 2.45) is 4.99 Å². The average Bonchev–Trinajstić information content (AvgIpc) is 2.46. The van der Waals surface area contributed by atoms with Crippen molar-refractivity contribution in [3.05, 3.63) is 53.9 Å². The number of aliphatic imine (C=N–C) groups is 1. The van der Waals surface area contributed by atoms with E-state index in [2.05, 4.69) is 9.98 Å². The van der Waals surface area contributed by atoms with Crippen molar-refractivity contribution >= 4 is 6.21 Å². The first-order chi connectivity index (χ1) is 9.29. The first-order valence-corrected chi connectivity index (χ1v) is 6.06. The number of aromatic hydroxyl groups is 1. The first kappa shape index (κ1) is 13.1. The second kappa shape index (κ2) is 6.54. The molecule has 1 aromatic carbocycles. The Bertz CT molecular complexity index is 553. The molecule has 2 aromatic rings. The van der Waals surface area contributed by atoms with Gasteiger partial charge >= 0.3 is 0 Å². The predicted octanol–water partition coefficient (Wildman–Crippen LogP) is 2.46. The topological polar surface area (TPSA) is 54.7 Å². The van der Waals surface area contributed by atoms with Gasteiger partial charge in [-0.15, -0.1) is 0 Å². The van der Waals surface area contributed by atoms with E-state index in [1.54, 1.807) is 37.7 Å². The molecule has 0 aliphatic carbocycles. The summed E-state index contributed by atoms with van der Waals surface area (Å²) in [4.78, 5) is 8.52. The van der Waals surface area contributed by atoms with Gasteiger partial charge in [0.15, 0.2) is 0 Å². The lowest BCUT2D eigenvalue weighted by Gasteiger charge is -2.02. The van der Waals surface area contributed by atoms with Crippen molar-refractivity contribution in [3.8, 4) is 11.5 Å². The fourth-order valence-electron chi connectivity index (χ4n) is 1.65. The third-order valence-electron chi connectivity index (χ3n) is 2.69. The molecule has 0 radical (unpaired) electrons. The summed E-state index contributed by atoms with van der Waals surface area (Å²) >= 11 is 0. The lowest BCUT2D eigenvalue weighted by atomic mass is 10.2. The van der Waals surface area contributed by atoms with Gasteiger partial charge in [0.25, 0.3) is 0 Å². The van der Waals surface area contributed by atoms with Gasteiger partial charge in [0, 0.05) is 36.6 Å². The molecule has 1 N–H and O–H groups in total. The number of hydrogen-bond donors (Lipinski definition) is 1. The molecule has 0 saturated carbocycles. The normalized spacial score (nSPS) is 10.8. The number of methoxy groups -OCH3 is 1. The molecule has 0 spiro atoms. The molecular formula is C15H16N2O2. The van der Waals surface area contributed by atoms with Gasteiger partial charge in [-0.2, -0.15) is 0 Å². The van der Waals surface area contributed by atoms with Crippen LogP contribution in [0.3, 0.4) is 0 Å². The molecule has 2 rings (SSSR count). The molecule has 0 aliphatic heterocycles. The highest BCUT2D eigenvalue weighted by Gasteiger charge is 2.00. The van der Waals surface area contributed by atoms with Crippen molar-refractivity contribution in [2.45, 2.75) is 6.42 Å². The summed E-state index contributed by atoms with van der Waals surface area (Å²) in [6, 6.07) is 10.9. The number of phenolic OH excluding ortho intramolecular Hbond substituents is 1. The number of ether oxygens (including phenoxy) is 1. The fourth-order valence-corrected chi connectivity index (χ4v) is 1.65. The number of rotatable bonds is 5. The van der Waals surface area contributed by atoms with Gasteiger partial charge in [0.2, 0.25) is 0 Å². The Balaban J connectivity index is 1.95. The molecular weight excluding hydrogens is 240 g/mol. The molecule has 0 saturated heterocycles. The van der Waals surface area contributed by atoms with Crippen molar-refractivity contribution in [1.29, 1.82) is 0 Å². The van der Waals surface area contributed by atoms with Gasteiger partial charge in [0.1, 0.15) is 11.5 Å². The van der Waals surface area contributed by atoms with Gasteiger partial charge in [-0.05, 0) is 30.3 Å². The van der Waals surface area contributed by atoms with Gasteiger partial charge in [-0.25, -0.2) is 0 Å². The highest BCUT2D eigenvalue weighted by atomic mass is 16.5. The summed E-state index contributed by atoms with van der Waals surface area (Å²) < 4.78 is 5.10. The second-order valence-electron chi connectivity index (χ2n) is 4.03. The predicted molar refractivity (Wildman–Crippen MR) is 75.1 cm³/mol. The smallest absolute Gasteiger partial charge is 0.124 e. The molecule has 0 unspecified atom stereocenters. The molecule has 0 amide bonds. The minimum absolute atomic E-state index is 0.197. The maximum absolute atomic E-state index is 9.69. The maximum Gasteiger partial charge on any atom is 0.124 e. The van der Waals surface area contributed by atoms with E-state index >= 15 is 0 Å². The number of hydrogen-bond acceptors (Lipinski definition) is 4. The summed E-state index contributed by atoms with van der Waals surface area (Å²) in [5.41, 5.74) is 1.66. The van der Waals surface area contributed by atoms with Gasteiger partial charge in [-0.3, -0.25) is 9.98 Å². The second-order valence-corrected chi connectivity index (χ2v) is 4.03. The standard InChI is InChI=1S/C15H16N2O2/c1-19-14-5-6-15(18)12(10-14)11-16-9-7-13-4-2-3-8-17-13/h2-6,8,10-11,18H,7,9H2,1H3. The Labute approximate surface area is 112 Å². The van der Waals surface area contributed by atoms with Crippen LogP contribution in [-0.4, -0.2) is 30.0 Å². The van der Waals surface area contributed by atoms with Crippen molar-refractivity contribution in [3.63, 3.8) is 0 Å². The van der Waals surface area contributed by atoms with E-state index in [4.69, 9.17) is 4.74 Å². The lowest BCUT2D eigenvalue weighted by molar-refractivity contribution is 0.412. The number of phenols is 1. The molecule has 19 heavy (non-hydrogen) atoms. The Hall–Kier alpha value is -2.36. The van der Waals surface area contributed by atoms with Crippen LogP contribution in [0.15, 0.2) is 47.6 Å². The third kappa shape index (κ3) is 3.81. The van der Waals surface area contributed by atoms with Crippen LogP contribution < -0.4 is 4.74 Å². The lowest BCUT2D eigenvalue weighted by Crippen LogP contribution is -1.93. The zero-order valence-electron chi connectivity index (χ0n) is 10.8. The van der Waals surface area contributed by atoms with E-state index in [-0.39, 0.29) is 5.75 Å². The van der Waals surface area contributed by atoms with E-state index in [1.807, 2.05) is 18.2 Å². The highest BCUT2D eigenvalue weighted by molar-refractivity contribution is 5.84. The van der Waals surface area contributed by atoms with Gasteiger partial charge in [0.05, 0.1) is 7.11 Å². The van der Waals surface area contributed by atoms with Crippen molar-refractivity contribution in [1.82, 2.24) is 4.98 Å². The zero-order valence-corrected chi connectivity index (χ0v) is 10.8. The molecule has 0 aliphatic rings. The Kier molecular flexibility index (Phi) is 4.50. The zero-order chi connectivity index (χ0) is 13.5. The van der Waals surface area contributed by atoms with E-state index in [0.717, 1.165) is 12.1 Å². The number of aromatic nitrogens is 1. The molecule has 4 heteroatoms. The molecule has 4 nitrogen and oxygen atoms in total. The van der Waals surface area contributed by atoms with Crippen molar-refractivity contribution in [2.75, 3.05) is 13.7 Å². The average molecular weight is 256 g/mol. The van der Waals surface area contributed by atoms with Gasteiger partial charge in [-0.1, -0.05) is 6.07 Å². The minimum Gasteiger partial charge on any atom is -0.507 e. The van der Waals surface area contributed by atoms with Crippen LogP contribution in [0.4, 0.5) is 0 Å². The first-order valence-electron chi connectivity index (χ1n) is 6.06. The highest BCUT2D eigenvalue weighted by Crippen LogP contribution is 2.21. The summed E-state index contributed by atoms with van der Waals surface area (Å²) in [7, 11) is 1.59. The van der Waals surface area contributed by atoms with Crippen LogP contribution in [-0.2, 0) is 6.42 Å². The van der Waals surface area contributed by atoms with E-state index in [9.17, 15) is 5.11 Å². The summed E-state index contributed by atoms with van der Waals surface area (Å²) in [5, 5.41) is 9.69. The quantitative estimate of drug-likeness (QED) is 0.836. The Morgan fingerprint density at radius 3 is 2.95 bits per heavy atom. The monoisotopic (exact) mass is 256 g/mol. The van der Waals surface area contributed by atoms with Crippen LogP contribution in [0.2, 0.25) is 0 Å². The fraction of sp³-hybridized carbons (Fsp3) is 0.200. The summed E-state index contributed by atoms with van der Waals surface area (Å²) in [6.45, 7) is 0.633. The van der Waals surface area contributed by atoms with E-state index in [0.29, 0.717) is 17.9 Å². The Morgan fingerprint density at radius 1 is 1.32 bits per heavy atom. The maximum atomic E-state index is 9.69. The van der Waals surface area contributed by atoms with Crippen LogP contribution in [0, 0.1) is 0 Å². The van der Waals surface area contributed by atoms with Crippen LogP contribution in [0.25, 0.3) is 0 Å². The molecule has 0 atom stereocenters. The third-order valence-corrected chi connectivity index (χ3v) is 2.69. The molecule has 0 fully saturated rings. The van der Waals surface area contributed by atoms with Crippen LogP contribution in [0.1, 0.15) is 11.3 Å². The molecule has 0 bridgehead atoms. The molecule has 1 aromatic heterocycles. The number of benzene rings is 1. The van der Waals surface area contributed by atoms with E-state index in [1.165, 1.54) is 0 Å². The molecule has 98 valence electrons. The van der Waals surface area contributed by atoms with Crippen molar-refractivity contribution < 1.29 is 9.84 Å². The van der Waals surface area contributed by atoms with Crippen LogP contribution >= 0.6 is 0 Å². The number of nitrogens with zero attached hydrogens (tertiary/aromatic N) is 2. The summed E-state index contributed by atoms with van der Waals surface area (Å²) in [5.74, 6) is 0.895.